The van der Waals surface area contributed by atoms with Gasteiger partial charge in [0.1, 0.15) is 11.4 Å². The van der Waals surface area contributed by atoms with Crippen LogP contribution in [0.1, 0.15) is 11.1 Å². The van der Waals surface area contributed by atoms with Gasteiger partial charge in [0, 0.05) is 25.5 Å². The highest BCUT2D eigenvalue weighted by Crippen LogP contribution is 2.38. The predicted octanol–water partition coefficient (Wildman–Crippen LogP) is 4.47. The van der Waals surface area contributed by atoms with Gasteiger partial charge in [-0.1, -0.05) is 36.4 Å². The molecule has 1 N–H and O–H groups in total. The second kappa shape index (κ2) is 8.59. The van der Waals surface area contributed by atoms with E-state index >= 15 is 0 Å². The minimum atomic E-state index is -0.422. The van der Waals surface area contributed by atoms with Crippen molar-refractivity contribution in [3.8, 4) is 5.75 Å². The van der Waals surface area contributed by atoms with Gasteiger partial charge >= 0.3 is 0 Å². The summed E-state index contributed by atoms with van der Waals surface area (Å²) in [6, 6.07) is 22.3. The molecule has 0 unspecified atom stereocenters. The molecule has 0 aromatic heterocycles. The smallest absolute Gasteiger partial charge is 0.282 e. The lowest BCUT2D eigenvalue weighted by Gasteiger charge is -2.19. The molecular formula is C26H25N3O3. The third kappa shape index (κ3) is 3.83. The molecule has 0 radical (unpaired) electrons. The van der Waals surface area contributed by atoms with E-state index < -0.39 is 11.8 Å². The quantitative estimate of drug-likeness (QED) is 0.589. The fourth-order valence-corrected chi connectivity index (χ4v) is 3.70. The molecule has 3 aromatic rings. The molecule has 0 saturated heterocycles. The van der Waals surface area contributed by atoms with E-state index in [0.29, 0.717) is 22.6 Å². The minimum Gasteiger partial charge on any atom is -0.495 e. The van der Waals surface area contributed by atoms with Gasteiger partial charge in [0.2, 0.25) is 0 Å². The van der Waals surface area contributed by atoms with Gasteiger partial charge in [-0.2, -0.15) is 0 Å². The van der Waals surface area contributed by atoms with E-state index in [-0.39, 0.29) is 5.70 Å². The molecule has 1 aliphatic heterocycles. The van der Waals surface area contributed by atoms with Crippen LogP contribution in [0.25, 0.3) is 5.57 Å². The van der Waals surface area contributed by atoms with Crippen LogP contribution in [0.4, 0.5) is 17.1 Å². The predicted molar refractivity (Wildman–Crippen MR) is 128 cm³/mol. The van der Waals surface area contributed by atoms with Crippen LogP contribution in [0.2, 0.25) is 0 Å². The Kier molecular flexibility index (Phi) is 5.69. The molecule has 2 amide bonds. The molecule has 6 heteroatoms. The van der Waals surface area contributed by atoms with E-state index in [2.05, 4.69) is 5.32 Å². The van der Waals surface area contributed by atoms with Gasteiger partial charge < -0.3 is 15.0 Å². The van der Waals surface area contributed by atoms with Crippen LogP contribution in [0.15, 0.2) is 78.5 Å². The largest absolute Gasteiger partial charge is 0.495 e. The Labute approximate surface area is 187 Å². The summed E-state index contributed by atoms with van der Waals surface area (Å²) in [4.78, 5) is 30.3. The zero-order chi connectivity index (χ0) is 22.8. The maximum Gasteiger partial charge on any atom is 0.282 e. The molecule has 0 spiro atoms. The number of amides is 2. The average molecular weight is 428 g/mol. The topological polar surface area (TPSA) is 61.9 Å². The highest BCUT2D eigenvalue weighted by molar-refractivity contribution is 6.46. The van der Waals surface area contributed by atoms with Gasteiger partial charge in [-0.25, -0.2) is 4.90 Å². The van der Waals surface area contributed by atoms with Crippen molar-refractivity contribution in [2.45, 2.75) is 6.92 Å². The number of methoxy groups -OCH3 is 1. The van der Waals surface area contributed by atoms with Crippen molar-refractivity contribution < 1.29 is 14.3 Å². The van der Waals surface area contributed by atoms with E-state index in [1.807, 2.05) is 86.6 Å². The number of imide groups is 1. The van der Waals surface area contributed by atoms with E-state index in [9.17, 15) is 9.59 Å². The van der Waals surface area contributed by atoms with E-state index in [0.717, 1.165) is 16.9 Å². The number of carbonyl (C=O) groups excluding carboxylic acids is 2. The summed E-state index contributed by atoms with van der Waals surface area (Å²) in [6.07, 6.45) is 0. The number of anilines is 3. The lowest BCUT2D eigenvalue weighted by atomic mass is 10.0. The van der Waals surface area contributed by atoms with Crippen molar-refractivity contribution in [2.24, 2.45) is 0 Å². The van der Waals surface area contributed by atoms with Crippen molar-refractivity contribution in [1.29, 1.82) is 0 Å². The fourth-order valence-electron chi connectivity index (χ4n) is 3.70. The summed E-state index contributed by atoms with van der Waals surface area (Å²) in [5.74, 6) is -0.353. The van der Waals surface area contributed by atoms with Crippen LogP contribution < -0.4 is 19.9 Å². The maximum absolute atomic E-state index is 13.6. The monoisotopic (exact) mass is 427 g/mol. The highest BCUT2D eigenvalue weighted by Gasteiger charge is 2.41. The molecule has 4 rings (SSSR count). The van der Waals surface area contributed by atoms with E-state index in [1.165, 1.54) is 12.0 Å². The lowest BCUT2D eigenvalue weighted by Crippen LogP contribution is -2.32. The van der Waals surface area contributed by atoms with Gasteiger partial charge in [0.05, 0.1) is 18.4 Å². The minimum absolute atomic E-state index is 0.238. The van der Waals surface area contributed by atoms with Crippen molar-refractivity contribution >= 4 is 34.4 Å². The number of rotatable bonds is 6. The van der Waals surface area contributed by atoms with Gasteiger partial charge in [-0.3, -0.25) is 9.59 Å². The second-order valence-corrected chi connectivity index (χ2v) is 7.80. The molecule has 1 aliphatic rings. The van der Waals surface area contributed by atoms with Gasteiger partial charge in [-0.15, -0.1) is 0 Å². The summed E-state index contributed by atoms with van der Waals surface area (Å²) in [6.45, 7) is 1.91. The Morgan fingerprint density at radius 1 is 0.875 bits per heavy atom. The zero-order valence-electron chi connectivity index (χ0n) is 18.5. The number of nitrogens with one attached hydrogen (secondary N) is 1. The molecule has 162 valence electrons. The van der Waals surface area contributed by atoms with Gasteiger partial charge in [0.25, 0.3) is 11.8 Å². The number of benzene rings is 3. The second-order valence-electron chi connectivity index (χ2n) is 7.80. The maximum atomic E-state index is 13.6. The van der Waals surface area contributed by atoms with Crippen LogP contribution in [-0.2, 0) is 9.59 Å². The third-order valence-corrected chi connectivity index (χ3v) is 5.37. The molecule has 0 atom stereocenters. The summed E-state index contributed by atoms with van der Waals surface area (Å²) >= 11 is 0. The number of ether oxygens (including phenoxy) is 1. The molecule has 1 heterocycles. The summed E-state index contributed by atoms with van der Waals surface area (Å²) in [5.41, 5.74) is 4.34. The lowest BCUT2D eigenvalue weighted by molar-refractivity contribution is -0.120. The Balaban J connectivity index is 1.80. The third-order valence-electron chi connectivity index (χ3n) is 5.37. The molecule has 6 nitrogen and oxygen atoms in total. The Hall–Kier alpha value is -4.06. The van der Waals surface area contributed by atoms with E-state index in [1.54, 1.807) is 12.1 Å². The SMILES string of the molecule is COc1ccc(C)cc1N1C(=O)C(Nc2ccc(N(C)C)cc2)=C(c2ccccc2)C1=O. The molecule has 32 heavy (non-hydrogen) atoms. The van der Waals surface area contributed by atoms with Crippen LogP contribution >= 0.6 is 0 Å². The first-order valence-electron chi connectivity index (χ1n) is 10.3. The van der Waals surface area contributed by atoms with Crippen molar-refractivity contribution in [3.63, 3.8) is 0 Å². The molecule has 0 saturated carbocycles. The van der Waals surface area contributed by atoms with Crippen molar-refractivity contribution in [3.05, 3.63) is 89.6 Å². The normalized spacial score (nSPS) is 13.6. The van der Waals surface area contributed by atoms with Crippen LogP contribution in [-0.4, -0.2) is 33.0 Å². The molecule has 0 bridgehead atoms. The number of nitrogens with zero attached hydrogens (tertiary/aromatic N) is 2. The summed E-state index contributed by atoms with van der Waals surface area (Å²) < 4.78 is 5.45. The van der Waals surface area contributed by atoms with Crippen LogP contribution in [0.5, 0.6) is 5.75 Å². The Bertz CT molecular complexity index is 1200. The first-order chi connectivity index (χ1) is 15.4. The molecule has 0 fully saturated rings. The number of aryl methyl sites for hydroxylation is 1. The average Bonchev–Trinajstić information content (AvgIpc) is 3.03. The first-order valence-corrected chi connectivity index (χ1v) is 10.3. The molecule has 0 aliphatic carbocycles. The van der Waals surface area contributed by atoms with Crippen LogP contribution in [0, 0.1) is 6.92 Å². The van der Waals surface area contributed by atoms with Gasteiger partial charge in [-0.05, 0) is 54.4 Å². The number of hydrogen-bond donors (Lipinski definition) is 1. The number of hydrogen-bond acceptors (Lipinski definition) is 5. The Morgan fingerprint density at radius 3 is 2.19 bits per heavy atom. The van der Waals surface area contributed by atoms with Crippen molar-refractivity contribution in [2.75, 3.05) is 36.3 Å². The fraction of sp³-hybridized carbons (Fsp3) is 0.154. The number of carbonyl (C=O) groups is 2. The summed E-state index contributed by atoms with van der Waals surface area (Å²) in [7, 11) is 5.45. The van der Waals surface area contributed by atoms with E-state index in [4.69, 9.17) is 4.74 Å². The first kappa shape index (κ1) is 21.2. The standard InChI is InChI=1S/C26H25N3O3/c1-17-10-15-22(32-4)21(16-17)29-25(30)23(18-8-6-5-7-9-18)24(26(29)31)27-19-11-13-20(14-12-19)28(2)3/h5-16,27H,1-4H3. The van der Waals surface area contributed by atoms with Crippen LogP contribution in [0.3, 0.4) is 0 Å². The summed E-state index contributed by atoms with van der Waals surface area (Å²) in [5, 5.41) is 3.20. The Morgan fingerprint density at radius 2 is 1.56 bits per heavy atom. The molecular weight excluding hydrogens is 402 g/mol. The van der Waals surface area contributed by atoms with Gasteiger partial charge in [0.15, 0.2) is 0 Å². The van der Waals surface area contributed by atoms with Crippen molar-refractivity contribution in [1.82, 2.24) is 0 Å². The highest BCUT2D eigenvalue weighted by atomic mass is 16.5. The molecule has 3 aromatic carbocycles. The zero-order valence-corrected chi connectivity index (χ0v) is 18.5.